The second kappa shape index (κ2) is 5.76. The molecule has 5 heteroatoms. The van der Waals surface area contributed by atoms with Crippen LogP contribution in [0.5, 0.6) is 11.5 Å². The zero-order chi connectivity index (χ0) is 14.8. The number of likely N-dealkylation sites (tertiary alicyclic amines) is 1. The van der Waals surface area contributed by atoms with Crippen molar-refractivity contribution in [2.45, 2.75) is 25.9 Å². The van der Waals surface area contributed by atoms with Crippen molar-refractivity contribution < 1.29 is 19.1 Å². The second-order valence-electron chi connectivity index (χ2n) is 5.47. The Kier molecular flexibility index (Phi) is 3.82. The van der Waals surface area contributed by atoms with Crippen LogP contribution < -0.4 is 9.47 Å². The van der Waals surface area contributed by atoms with Gasteiger partial charge in [0, 0.05) is 25.4 Å². The fourth-order valence-electron chi connectivity index (χ4n) is 2.81. The molecule has 1 aromatic rings. The van der Waals surface area contributed by atoms with Crippen LogP contribution >= 0.6 is 0 Å². The lowest BCUT2D eigenvalue weighted by molar-refractivity contribution is -0.145. The first-order chi connectivity index (χ1) is 10.2. The van der Waals surface area contributed by atoms with E-state index in [0.717, 1.165) is 6.42 Å². The number of hydrogen-bond acceptors (Lipinski definition) is 4. The van der Waals surface area contributed by atoms with Gasteiger partial charge in [-0.2, -0.15) is 0 Å². The highest BCUT2D eigenvalue weighted by Crippen LogP contribution is 2.31. The molecule has 1 saturated heterocycles. The zero-order valence-corrected chi connectivity index (χ0v) is 12.1. The van der Waals surface area contributed by atoms with E-state index in [1.54, 1.807) is 11.0 Å². The molecule has 1 aromatic carbocycles. The summed E-state index contributed by atoms with van der Waals surface area (Å²) < 4.78 is 11.3. The number of hydrogen-bond donors (Lipinski definition) is 0. The maximum absolute atomic E-state index is 12.5. The Bertz CT molecular complexity index is 557. The number of Topliss-reactive ketones (excluding diaryl/α,β-unsaturated/α-hetero) is 1. The van der Waals surface area contributed by atoms with Crippen molar-refractivity contribution in [1.29, 1.82) is 0 Å². The lowest BCUT2D eigenvalue weighted by atomic mass is 9.94. The molecule has 0 aromatic heterocycles. The molecule has 2 aliphatic heterocycles. The number of ether oxygens (including phenoxy) is 2. The van der Waals surface area contributed by atoms with Crippen LogP contribution in [0.1, 0.15) is 19.8 Å². The topological polar surface area (TPSA) is 55.8 Å². The predicted molar refractivity (Wildman–Crippen MR) is 76.3 cm³/mol. The van der Waals surface area contributed by atoms with Crippen LogP contribution in [-0.4, -0.2) is 42.4 Å². The van der Waals surface area contributed by atoms with Crippen LogP contribution in [0.2, 0.25) is 0 Å². The lowest BCUT2D eigenvalue weighted by Crippen LogP contribution is -2.51. The molecule has 2 atom stereocenters. The molecule has 0 aliphatic carbocycles. The maximum atomic E-state index is 12.5. The number of para-hydroxylation sites is 2. The first-order valence-corrected chi connectivity index (χ1v) is 7.39. The van der Waals surface area contributed by atoms with Gasteiger partial charge in [-0.05, 0) is 18.6 Å². The minimum absolute atomic E-state index is 0.0421. The molecule has 0 spiro atoms. The minimum Gasteiger partial charge on any atom is -0.485 e. The quantitative estimate of drug-likeness (QED) is 0.831. The molecule has 2 unspecified atom stereocenters. The van der Waals surface area contributed by atoms with Crippen LogP contribution in [0.4, 0.5) is 0 Å². The average Bonchev–Trinajstić information content (AvgIpc) is 2.54. The minimum atomic E-state index is -0.620. The van der Waals surface area contributed by atoms with Crippen molar-refractivity contribution in [2.24, 2.45) is 5.92 Å². The second-order valence-corrected chi connectivity index (χ2v) is 5.47. The van der Waals surface area contributed by atoms with E-state index in [9.17, 15) is 9.59 Å². The highest BCUT2D eigenvalue weighted by Gasteiger charge is 2.35. The third-order valence-electron chi connectivity index (χ3n) is 4.11. The molecular weight excluding hydrogens is 270 g/mol. The van der Waals surface area contributed by atoms with Gasteiger partial charge >= 0.3 is 0 Å². The number of amides is 1. The Morgan fingerprint density at radius 2 is 2.10 bits per heavy atom. The van der Waals surface area contributed by atoms with E-state index in [2.05, 4.69) is 0 Å². The highest BCUT2D eigenvalue weighted by molar-refractivity contribution is 5.87. The monoisotopic (exact) mass is 289 g/mol. The van der Waals surface area contributed by atoms with Gasteiger partial charge in [0.05, 0.1) is 0 Å². The van der Waals surface area contributed by atoms with Crippen LogP contribution in [0.15, 0.2) is 24.3 Å². The molecule has 2 heterocycles. The van der Waals surface area contributed by atoms with Crippen molar-refractivity contribution in [3.8, 4) is 11.5 Å². The van der Waals surface area contributed by atoms with Crippen LogP contribution in [0.3, 0.4) is 0 Å². The van der Waals surface area contributed by atoms with Gasteiger partial charge in [-0.15, -0.1) is 0 Å². The Labute approximate surface area is 123 Å². The van der Waals surface area contributed by atoms with E-state index in [0.29, 0.717) is 31.0 Å². The van der Waals surface area contributed by atoms with E-state index in [1.165, 1.54) is 0 Å². The van der Waals surface area contributed by atoms with E-state index in [-0.39, 0.29) is 24.2 Å². The molecule has 0 radical (unpaired) electrons. The standard InChI is InChI=1S/C16H19NO4/c1-2-11-9-17(8-7-12(11)18)16(19)15-10-20-13-5-3-4-6-14(13)21-15/h3-6,11,15H,2,7-10H2,1H3. The van der Waals surface area contributed by atoms with Crippen molar-refractivity contribution in [2.75, 3.05) is 19.7 Å². The summed E-state index contributed by atoms with van der Waals surface area (Å²) in [6, 6.07) is 7.33. The third kappa shape index (κ3) is 2.73. The SMILES string of the molecule is CCC1CN(C(=O)C2COc3ccccc3O2)CCC1=O. The molecule has 0 N–H and O–H groups in total. The fourth-order valence-corrected chi connectivity index (χ4v) is 2.81. The fraction of sp³-hybridized carbons (Fsp3) is 0.500. The molecule has 2 aliphatic rings. The average molecular weight is 289 g/mol. The summed E-state index contributed by atoms with van der Waals surface area (Å²) >= 11 is 0. The van der Waals surface area contributed by atoms with E-state index >= 15 is 0 Å². The molecule has 21 heavy (non-hydrogen) atoms. The van der Waals surface area contributed by atoms with Gasteiger partial charge in [-0.25, -0.2) is 0 Å². The van der Waals surface area contributed by atoms with Gasteiger partial charge in [0.25, 0.3) is 5.91 Å². The summed E-state index contributed by atoms with van der Waals surface area (Å²) in [5, 5.41) is 0. The van der Waals surface area contributed by atoms with Crippen molar-refractivity contribution in [3.63, 3.8) is 0 Å². The highest BCUT2D eigenvalue weighted by atomic mass is 16.6. The Morgan fingerprint density at radius 1 is 1.33 bits per heavy atom. The smallest absolute Gasteiger partial charge is 0.267 e. The summed E-state index contributed by atoms with van der Waals surface area (Å²) in [7, 11) is 0. The Morgan fingerprint density at radius 3 is 2.86 bits per heavy atom. The van der Waals surface area contributed by atoms with Gasteiger partial charge in [0.15, 0.2) is 11.5 Å². The number of piperidine rings is 1. The molecule has 1 fully saturated rings. The molecule has 112 valence electrons. The largest absolute Gasteiger partial charge is 0.485 e. The van der Waals surface area contributed by atoms with E-state index < -0.39 is 6.10 Å². The number of carbonyl (C=O) groups is 2. The van der Waals surface area contributed by atoms with Gasteiger partial charge in [-0.3, -0.25) is 9.59 Å². The third-order valence-corrected chi connectivity index (χ3v) is 4.11. The normalized spacial score (nSPS) is 24.8. The Balaban J connectivity index is 1.68. The molecule has 5 nitrogen and oxygen atoms in total. The summed E-state index contributed by atoms with van der Waals surface area (Å²) in [5.74, 6) is 1.40. The van der Waals surface area contributed by atoms with Crippen molar-refractivity contribution in [3.05, 3.63) is 24.3 Å². The molecular formula is C16H19NO4. The van der Waals surface area contributed by atoms with Crippen molar-refractivity contribution in [1.82, 2.24) is 4.90 Å². The first-order valence-electron chi connectivity index (χ1n) is 7.39. The predicted octanol–water partition coefficient (Wildman–Crippen LogP) is 1.65. The number of rotatable bonds is 2. The van der Waals surface area contributed by atoms with Gasteiger partial charge in [0.1, 0.15) is 12.4 Å². The molecule has 0 bridgehead atoms. The van der Waals surface area contributed by atoms with E-state index in [1.807, 2.05) is 25.1 Å². The number of ketones is 1. The van der Waals surface area contributed by atoms with Gasteiger partial charge in [-0.1, -0.05) is 19.1 Å². The number of carbonyl (C=O) groups excluding carboxylic acids is 2. The summed E-state index contributed by atoms with van der Waals surface area (Å²) in [5.41, 5.74) is 0. The lowest BCUT2D eigenvalue weighted by Gasteiger charge is -2.35. The number of benzene rings is 1. The molecule has 1 amide bonds. The number of nitrogens with zero attached hydrogens (tertiary/aromatic N) is 1. The summed E-state index contributed by atoms with van der Waals surface area (Å²) in [6.45, 7) is 3.18. The number of fused-ring (bicyclic) bond motifs is 1. The zero-order valence-electron chi connectivity index (χ0n) is 12.1. The maximum Gasteiger partial charge on any atom is 0.267 e. The van der Waals surface area contributed by atoms with Crippen LogP contribution in [0.25, 0.3) is 0 Å². The van der Waals surface area contributed by atoms with E-state index in [4.69, 9.17) is 9.47 Å². The van der Waals surface area contributed by atoms with Gasteiger partial charge in [0.2, 0.25) is 6.10 Å². The van der Waals surface area contributed by atoms with Crippen LogP contribution in [-0.2, 0) is 9.59 Å². The van der Waals surface area contributed by atoms with Crippen LogP contribution in [0, 0.1) is 5.92 Å². The first kappa shape index (κ1) is 13.9. The summed E-state index contributed by atoms with van der Waals surface area (Å²) in [6.07, 6.45) is 0.590. The van der Waals surface area contributed by atoms with Gasteiger partial charge < -0.3 is 14.4 Å². The molecule has 3 rings (SSSR count). The summed E-state index contributed by atoms with van der Waals surface area (Å²) in [4.78, 5) is 26.0. The van der Waals surface area contributed by atoms with Crippen molar-refractivity contribution >= 4 is 11.7 Å². The Hall–Kier alpha value is -2.04. The molecule has 0 saturated carbocycles.